The molecule has 0 spiro atoms. The fourth-order valence-corrected chi connectivity index (χ4v) is 1.78. The van der Waals surface area contributed by atoms with Crippen LogP contribution in [-0.4, -0.2) is 11.9 Å². The van der Waals surface area contributed by atoms with Gasteiger partial charge in [0.2, 0.25) is 0 Å². The van der Waals surface area contributed by atoms with Crippen LogP contribution >= 0.6 is 11.6 Å². The highest BCUT2D eigenvalue weighted by molar-refractivity contribution is 6.30. The minimum absolute atomic E-state index is 0.0948. The molecule has 1 amide bonds. The van der Waals surface area contributed by atoms with Gasteiger partial charge in [0.1, 0.15) is 0 Å². The highest BCUT2D eigenvalue weighted by Crippen LogP contribution is 2.15. The van der Waals surface area contributed by atoms with Gasteiger partial charge in [-0.05, 0) is 37.1 Å². The van der Waals surface area contributed by atoms with Gasteiger partial charge in [0.05, 0.1) is 12.5 Å². The van der Waals surface area contributed by atoms with E-state index < -0.39 is 0 Å². The lowest BCUT2D eigenvalue weighted by atomic mass is 10.1. The molecule has 1 aromatic carbocycles. The van der Waals surface area contributed by atoms with Crippen LogP contribution in [0.4, 0.5) is 0 Å². The molecule has 17 heavy (non-hydrogen) atoms. The summed E-state index contributed by atoms with van der Waals surface area (Å²) in [5.74, 6) is -0.152. The van der Waals surface area contributed by atoms with Crippen molar-refractivity contribution in [2.45, 2.75) is 32.7 Å². The van der Waals surface area contributed by atoms with E-state index >= 15 is 0 Å². The summed E-state index contributed by atoms with van der Waals surface area (Å²) >= 11 is 5.83. The molecule has 0 heterocycles. The van der Waals surface area contributed by atoms with E-state index in [0.29, 0.717) is 17.0 Å². The molecule has 0 saturated carbocycles. The number of nitriles is 1. The van der Waals surface area contributed by atoms with Crippen molar-refractivity contribution in [2.75, 3.05) is 0 Å². The highest BCUT2D eigenvalue weighted by Gasteiger charge is 2.13. The van der Waals surface area contributed by atoms with Gasteiger partial charge in [-0.15, -0.1) is 0 Å². The van der Waals surface area contributed by atoms with Crippen LogP contribution in [0.25, 0.3) is 0 Å². The van der Waals surface area contributed by atoms with Crippen LogP contribution in [0.15, 0.2) is 18.2 Å². The van der Waals surface area contributed by atoms with E-state index in [0.717, 1.165) is 12.0 Å². The first kappa shape index (κ1) is 13.5. The van der Waals surface area contributed by atoms with Gasteiger partial charge < -0.3 is 5.32 Å². The number of rotatable bonds is 4. The number of carbonyl (C=O) groups excluding carboxylic acids is 1. The third-order valence-electron chi connectivity index (χ3n) is 2.60. The summed E-state index contributed by atoms with van der Waals surface area (Å²) in [6.45, 7) is 3.78. The van der Waals surface area contributed by atoms with E-state index in [4.69, 9.17) is 16.9 Å². The lowest BCUT2D eigenvalue weighted by Gasteiger charge is -2.14. The Morgan fingerprint density at radius 1 is 1.59 bits per heavy atom. The van der Waals surface area contributed by atoms with Crippen LogP contribution in [-0.2, 0) is 0 Å². The summed E-state index contributed by atoms with van der Waals surface area (Å²) in [5.41, 5.74) is 1.44. The van der Waals surface area contributed by atoms with Gasteiger partial charge in [-0.3, -0.25) is 4.79 Å². The second-order valence-corrected chi connectivity index (χ2v) is 4.34. The fourth-order valence-electron chi connectivity index (χ4n) is 1.55. The first-order valence-corrected chi connectivity index (χ1v) is 5.90. The molecular formula is C13H15ClN2O. The van der Waals surface area contributed by atoms with E-state index in [-0.39, 0.29) is 11.9 Å². The molecule has 0 saturated heterocycles. The summed E-state index contributed by atoms with van der Waals surface area (Å²) in [7, 11) is 0. The van der Waals surface area contributed by atoms with Crippen molar-refractivity contribution in [2.24, 2.45) is 0 Å². The molecule has 1 aromatic rings. The summed E-state index contributed by atoms with van der Waals surface area (Å²) < 4.78 is 0. The molecular weight excluding hydrogens is 236 g/mol. The number of aryl methyl sites for hydroxylation is 1. The van der Waals surface area contributed by atoms with Gasteiger partial charge in [-0.1, -0.05) is 18.5 Å². The van der Waals surface area contributed by atoms with E-state index in [1.54, 1.807) is 18.2 Å². The van der Waals surface area contributed by atoms with Crippen LogP contribution < -0.4 is 5.32 Å². The van der Waals surface area contributed by atoms with Crippen LogP contribution in [0.2, 0.25) is 5.02 Å². The normalized spacial score (nSPS) is 11.6. The van der Waals surface area contributed by atoms with E-state index in [1.807, 2.05) is 13.8 Å². The van der Waals surface area contributed by atoms with Gasteiger partial charge in [0.15, 0.2) is 0 Å². The molecule has 0 fully saturated rings. The number of hydrogen-bond donors (Lipinski definition) is 1. The zero-order valence-electron chi connectivity index (χ0n) is 9.96. The second-order valence-electron chi connectivity index (χ2n) is 3.90. The number of carbonyl (C=O) groups is 1. The van der Waals surface area contributed by atoms with Crippen molar-refractivity contribution in [1.29, 1.82) is 5.26 Å². The molecule has 1 rings (SSSR count). The molecule has 0 aliphatic carbocycles. The van der Waals surface area contributed by atoms with E-state index in [2.05, 4.69) is 11.4 Å². The van der Waals surface area contributed by atoms with Crippen LogP contribution in [0.5, 0.6) is 0 Å². The van der Waals surface area contributed by atoms with Crippen molar-refractivity contribution in [3.63, 3.8) is 0 Å². The third-order valence-corrected chi connectivity index (χ3v) is 2.83. The lowest BCUT2D eigenvalue weighted by molar-refractivity contribution is 0.0936. The zero-order valence-corrected chi connectivity index (χ0v) is 10.7. The largest absolute Gasteiger partial charge is 0.348 e. The lowest BCUT2D eigenvalue weighted by Crippen LogP contribution is -2.34. The van der Waals surface area contributed by atoms with Crippen molar-refractivity contribution in [3.8, 4) is 6.07 Å². The number of nitrogens with zero attached hydrogens (tertiary/aromatic N) is 1. The van der Waals surface area contributed by atoms with Gasteiger partial charge in [0, 0.05) is 16.6 Å². The molecule has 1 N–H and O–H groups in total. The zero-order chi connectivity index (χ0) is 12.8. The maximum atomic E-state index is 12.0. The summed E-state index contributed by atoms with van der Waals surface area (Å²) in [6.07, 6.45) is 1.07. The number of hydrogen-bond acceptors (Lipinski definition) is 2. The Labute approximate surface area is 106 Å². The predicted molar refractivity (Wildman–Crippen MR) is 68.0 cm³/mol. The minimum atomic E-state index is -0.152. The molecule has 0 aliphatic heterocycles. The first-order valence-electron chi connectivity index (χ1n) is 5.52. The molecule has 90 valence electrons. The Bertz CT molecular complexity index is 451. The Morgan fingerprint density at radius 3 is 2.82 bits per heavy atom. The van der Waals surface area contributed by atoms with Gasteiger partial charge >= 0.3 is 0 Å². The SMILES string of the molecule is CCC(CC#N)NC(=O)c1ccc(Cl)cc1C. The molecule has 0 aromatic heterocycles. The Morgan fingerprint density at radius 2 is 2.29 bits per heavy atom. The number of nitrogens with one attached hydrogen (secondary N) is 1. The van der Waals surface area contributed by atoms with Crippen molar-refractivity contribution in [1.82, 2.24) is 5.32 Å². The average Bonchev–Trinajstić information content (AvgIpc) is 2.28. The molecule has 4 heteroatoms. The maximum absolute atomic E-state index is 12.0. The molecule has 0 bridgehead atoms. The summed E-state index contributed by atoms with van der Waals surface area (Å²) in [6, 6.07) is 7.11. The van der Waals surface area contributed by atoms with Gasteiger partial charge in [0.25, 0.3) is 5.91 Å². The smallest absolute Gasteiger partial charge is 0.251 e. The van der Waals surface area contributed by atoms with Gasteiger partial charge in [-0.2, -0.15) is 5.26 Å². The predicted octanol–water partition coefficient (Wildman–Crippen LogP) is 3.07. The molecule has 1 unspecified atom stereocenters. The fraction of sp³-hybridized carbons (Fsp3) is 0.385. The second kappa shape index (κ2) is 6.27. The Kier molecular flexibility index (Phi) is 4.99. The minimum Gasteiger partial charge on any atom is -0.348 e. The van der Waals surface area contributed by atoms with Crippen molar-refractivity contribution in [3.05, 3.63) is 34.3 Å². The van der Waals surface area contributed by atoms with E-state index in [9.17, 15) is 4.79 Å². The Hall–Kier alpha value is -1.53. The maximum Gasteiger partial charge on any atom is 0.251 e. The molecule has 3 nitrogen and oxygen atoms in total. The highest BCUT2D eigenvalue weighted by atomic mass is 35.5. The quantitative estimate of drug-likeness (QED) is 0.893. The van der Waals surface area contributed by atoms with Crippen molar-refractivity contribution >= 4 is 17.5 Å². The van der Waals surface area contributed by atoms with Crippen LogP contribution in [0.1, 0.15) is 35.7 Å². The summed E-state index contributed by atoms with van der Waals surface area (Å²) in [4.78, 5) is 12.0. The average molecular weight is 251 g/mol. The molecule has 0 radical (unpaired) electrons. The standard InChI is InChI=1S/C13H15ClN2O/c1-3-11(6-7-15)16-13(17)12-5-4-10(14)8-9(12)2/h4-5,8,11H,3,6H2,1-2H3,(H,16,17). The first-order chi connectivity index (χ1) is 8.08. The summed E-state index contributed by atoms with van der Waals surface area (Å²) in [5, 5.41) is 12.1. The number of benzene rings is 1. The molecule has 0 aliphatic rings. The third kappa shape index (κ3) is 3.76. The van der Waals surface area contributed by atoms with Crippen LogP contribution in [0, 0.1) is 18.3 Å². The molecule has 1 atom stereocenters. The van der Waals surface area contributed by atoms with Crippen molar-refractivity contribution < 1.29 is 4.79 Å². The number of halogens is 1. The van der Waals surface area contributed by atoms with Crippen LogP contribution in [0.3, 0.4) is 0 Å². The van der Waals surface area contributed by atoms with Gasteiger partial charge in [-0.25, -0.2) is 0 Å². The Balaban J connectivity index is 2.79. The number of amides is 1. The monoisotopic (exact) mass is 250 g/mol. The van der Waals surface area contributed by atoms with E-state index in [1.165, 1.54) is 0 Å². The topological polar surface area (TPSA) is 52.9 Å².